The molecule has 0 unspecified atom stereocenters. The minimum absolute atomic E-state index is 0.231. The van der Waals surface area contributed by atoms with Crippen molar-refractivity contribution in [3.05, 3.63) is 42.6 Å². The molecule has 4 rings (SSSR count). The quantitative estimate of drug-likeness (QED) is 0.619. The molecule has 0 aliphatic carbocycles. The number of ether oxygens (including phenoxy) is 5. The highest BCUT2D eigenvalue weighted by atomic mass is 16.7. The summed E-state index contributed by atoms with van der Waals surface area (Å²) in [5, 5.41) is 6.38. The van der Waals surface area contributed by atoms with Crippen LogP contribution in [0.1, 0.15) is 0 Å². The van der Waals surface area contributed by atoms with E-state index in [4.69, 9.17) is 23.7 Å². The molecule has 2 N–H and O–H groups in total. The lowest BCUT2D eigenvalue weighted by atomic mass is 10.2. The van der Waals surface area contributed by atoms with Gasteiger partial charge >= 0.3 is 0 Å². The predicted molar refractivity (Wildman–Crippen MR) is 107 cm³/mol. The van der Waals surface area contributed by atoms with Crippen LogP contribution in [0.3, 0.4) is 0 Å². The Morgan fingerprint density at radius 2 is 1.59 bits per heavy atom. The maximum atomic E-state index is 5.40. The summed E-state index contributed by atoms with van der Waals surface area (Å²) in [5.41, 5.74) is 1.52. The third-order valence-electron chi connectivity index (χ3n) is 4.22. The lowest BCUT2D eigenvalue weighted by Crippen LogP contribution is -2.02. The van der Waals surface area contributed by atoms with Crippen LogP contribution >= 0.6 is 0 Å². The van der Waals surface area contributed by atoms with Gasteiger partial charge in [-0.2, -0.15) is 4.98 Å². The number of hydrogen-bond donors (Lipinski definition) is 2. The molecule has 2 heterocycles. The van der Waals surface area contributed by atoms with Gasteiger partial charge in [0.1, 0.15) is 5.82 Å². The van der Waals surface area contributed by atoms with Crippen LogP contribution in [0.2, 0.25) is 0 Å². The lowest BCUT2D eigenvalue weighted by Gasteiger charge is -2.15. The number of rotatable bonds is 7. The fourth-order valence-electron chi connectivity index (χ4n) is 2.89. The number of anilines is 4. The van der Waals surface area contributed by atoms with Gasteiger partial charge in [0, 0.05) is 35.8 Å². The fraction of sp³-hybridized carbons (Fsp3) is 0.200. The standard InChI is InChI=1S/C20H20N4O5/c1-25-16-9-13(10-17(26-2)19(16)27-3)23-20-21-7-6-18(24-20)22-12-4-5-14-15(8-12)29-11-28-14/h4-10H,11H2,1-3H3,(H2,21,22,23,24). The van der Waals surface area contributed by atoms with Crippen LogP contribution in [0.25, 0.3) is 0 Å². The number of benzene rings is 2. The molecule has 150 valence electrons. The lowest BCUT2D eigenvalue weighted by molar-refractivity contribution is 0.174. The van der Waals surface area contributed by atoms with Gasteiger partial charge in [-0.15, -0.1) is 0 Å². The summed E-state index contributed by atoms with van der Waals surface area (Å²) >= 11 is 0. The molecule has 0 radical (unpaired) electrons. The van der Waals surface area contributed by atoms with Gasteiger partial charge in [-0.05, 0) is 18.2 Å². The molecule has 1 aliphatic rings. The van der Waals surface area contributed by atoms with E-state index in [0.717, 1.165) is 11.4 Å². The molecular formula is C20H20N4O5. The Bertz CT molecular complexity index is 1000. The number of methoxy groups -OCH3 is 3. The van der Waals surface area contributed by atoms with Crippen molar-refractivity contribution in [1.82, 2.24) is 9.97 Å². The first-order chi connectivity index (χ1) is 14.2. The minimum Gasteiger partial charge on any atom is -0.493 e. The maximum Gasteiger partial charge on any atom is 0.231 e. The van der Waals surface area contributed by atoms with Crippen molar-refractivity contribution in [2.24, 2.45) is 0 Å². The molecule has 9 heteroatoms. The zero-order valence-corrected chi connectivity index (χ0v) is 16.2. The van der Waals surface area contributed by atoms with Crippen molar-refractivity contribution in [3.8, 4) is 28.7 Å². The molecular weight excluding hydrogens is 376 g/mol. The zero-order valence-electron chi connectivity index (χ0n) is 16.2. The van der Waals surface area contributed by atoms with Crippen LogP contribution in [-0.2, 0) is 0 Å². The average molecular weight is 396 g/mol. The second kappa shape index (κ2) is 8.01. The Kier molecular flexibility index (Phi) is 5.10. The number of aromatic nitrogens is 2. The van der Waals surface area contributed by atoms with Gasteiger partial charge in [0.05, 0.1) is 21.3 Å². The first-order valence-corrected chi connectivity index (χ1v) is 8.77. The molecule has 0 saturated carbocycles. The van der Waals surface area contributed by atoms with Crippen molar-refractivity contribution in [2.75, 3.05) is 38.8 Å². The van der Waals surface area contributed by atoms with Crippen LogP contribution < -0.4 is 34.3 Å². The summed E-state index contributed by atoms with van der Waals surface area (Å²) in [6.07, 6.45) is 1.66. The van der Waals surface area contributed by atoms with Crippen LogP contribution in [0.5, 0.6) is 28.7 Å². The van der Waals surface area contributed by atoms with Gasteiger partial charge < -0.3 is 34.3 Å². The number of hydrogen-bond acceptors (Lipinski definition) is 9. The minimum atomic E-state index is 0.231. The van der Waals surface area contributed by atoms with E-state index in [0.29, 0.717) is 40.5 Å². The van der Waals surface area contributed by atoms with Crippen molar-refractivity contribution in [3.63, 3.8) is 0 Å². The van der Waals surface area contributed by atoms with E-state index < -0.39 is 0 Å². The molecule has 1 aromatic heterocycles. The molecule has 3 aromatic rings. The summed E-state index contributed by atoms with van der Waals surface area (Å²) in [6.45, 7) is 0.231. The highest BCUT2D eigenvalue weighted by molar-refractivity contribution is 5.67. The summed E-state index contributed by atoms with van der Waals surface area (Å²) in [5.74, 6) is 4.02. The first kappa shape index (κ1) is 18.5. The topological polar surface area (TPSA) is 96.0 Å². The Hall–Kier alpha value is -3.88. The summed E-state index contributed by atoms with van der Waals surface area (Å²) in [4.78, 5) is 8.76. The van der Waals surface area contributed by atoms with Gasteiger partial charge in [-0.3, -0.25) is 0 Å². The molecule has 9 nitrogen and oxygen atoms in total. The predicted octanol–water partition coefficient (Wildman–Crippen LogP) is 3.72. The smallest absolute Gasteiger partial charge is 0.231 e. The molecule has 2 aromatic carbocycles. The molecule has 0 fully saturated rings. The van der Waals surface area contributed by atoms with E-state index in [9.17, 15) is 0 Å². The molecule has 0 saturated heterocycles. The summed E-state index contributed by atoms with van der Waals surface area (Å²) in [7, 11) is 4.68. The van der Waals surface area contributed by atoms with E-state index in [1.165, 1.54) is 0 Å². The van der Waals surface area contributed by atoms with E-state index in [1.807, 2.05) is 18.2 Å². The van der Waals surface area contributed by atoms with Crippen molar-refractivity contribution >= 4 is 23.1 Å². The molecule has 0 atom stereocenters. The third kappa shape index (κ3) is 3.88. The molecule has 0 amide bonds. The van der Waals surface area contributed by atoms with Gasteiger partial charge in [0.15, 0.2) is 23.0 Å². The Morgan fingerprint density at radius 3 is 2.31 bits per heavy atom. The van der Waals surface area contributed by atoms with Crippen molar-refractivity contribution in [2.45, 2.75) is 0 Å². The Balaban J connectivity index is 1.55. The fourth-order valence-corrected chi connectivity index (χ4v) is 2.89. The highest BCUT2D eigenvalue weighted by Gasteiger charge is 2.15. The molecule has 0 spiro atoms. The second-order valence-electron chi connectivity index (χ2n) is 6.00. The van der Waals surface area contributed by atoms with Crippen LogP contribution in [0.4, 0.5) is 23.1 Å². The molecule has 1 aliphatic heterocycles. The summed E-state index contributed by atoms with van der Waals surface area (Å²) < 4.78 is 26.8. The number of fused-ring (bicyclic) bond motifs is 1. The molecule has 0 bridgehead atoms. The zero-order chi connectivity index (χ0) is 20.2. The van der Waals surface area contributed by atoms with E-state index in [-0.39, 0.29) is 6.79 Å². The van der Waals surface area contributed by atoms with Gasteiger partial charge in [0.2, 0.25) is 18.5 Å². The largest absolute Gasteiger partial charge is 0.493 e. The molecule has 29 heavy (non-hydrogen) atoms. The summed E-state index contributed by atoms with van der Waals surface area (Å²) in [6, 6.07) is 10.9. The average Bonchev–Trinajstić information content (AvgIpc) is 3.21. The van der Waals surface area contributed by atoms with Crippen molar-refractivity contribution < 1.29 is 23.7 Å². The van der Waals surface area contributed by atoms with Crippen LogP contribution in [-0.4, -0.2) is 38.1 Å². The Morgan fingerprint density at radius 1 is 0.828 bits per heavy atom. The van der Waals surface area contributed by atoms with Gasteiger partial charge in [-0.25, -0.2) is 4.98 Å². The van der Waals surface area contributed by atoms with Gasteiger partial charge in [-0.1, -0.05) is 0 Å². The first-order valence-electron chi connectivity index (χ1n) is 8.77. The SMILES string of the molecule is COc1cc(Nc2nccc(Nc3ccc4c(c3)OCO4)n2)cc(OC)c1OC. The van der Waals surface area contributed by atoms with Crippen LogP contribution in [0, 0.1) is 0 Å². The second-order valence-corrected chi connectivity index (χ2v) is 6.00. The normalized spacial score (nSPS) is 11.7. The van der Waals surface area contributed by atoms with E-state index in [1.54, 1.807) is 45.7 Å². The van der Waals surface area contributed by atoms with Gasteiger partial charge in [0.25, 0.3) is 0 Å². The van der Waals surface area contributed by atoms with Crippen molar-refractivity contribution in [1.29, 1.82) is 0 Å². The number of nitrogens with zero attached hydrogens (tertiary/aromatic N) is 2. The monoisotopic (exact) mass is 396 g/mol. The number of nitrogens with one attached hydrogen (secondary N) is 2. The third-order valence-corrected chi connectivity index (χ3v) is 4.22. The van der Waals surface area contributed by atoms with Crippen LogP contribution in [0.15, 0.2) is 42.6 Å². The van der Waals surface area contributed by atoms with E-state index >= 15 is 0 Å². The maximum absolute atomic E-state index is 5.40. The highest BCUT2D eigenvalue weighted by Crippen LogP contribution is 2.40. The Labute approximate surface area is 167 Å². The van der Waals surface area contributed by atoms with E-state index in [2.05, 4.69) is 20.6 Å².